The van der Waals surface area contributed by atoms with Gasteiger partial charge < -0.3 is 5.32 Å². The molecule has 0 fully saturated rings. The van der Waals surface area contributed by atoms with Gasteiger partial charge in [-0.15, -0.1) is 0 Å². The molecule has 5 nitrogen and oxygen atoms in total. The molecule has 26 heavy (non-hydrogen) atoms. The molecule has 7 heteroatoms. The first kappa shape index (κ1) is 16.2. The van der Waals surface area contributed by atoms with Crippen molar-refractivity contribution in [3.8, 4) is 5.69 Å². The summed E-state index contributed by atoms with van der Waals surface area (Å²) in [4.78, 5) is 21.5. The Kier molecular flexibility index (Phi) is 4.10. The molecular formula is C19H12ClFN4O. The molecule has 2 aromatic carbocycles. The predicted molar refractivity (Wildman–Crippen MR) is 99.8 cm³/mol. The van der Waals surface area contributed by atoms with Gasteiger partial charge in [-0.3, -0.25) is 9.78 Å². The summed E-state index contributed by atoms with van der Waals surface area (Å²) in [5, 5.41) is 3.72. The Labute approximate surface area is 152 Å². The standard InChI is InChI=1S/C19H12ClFN4O/c20-12-8-14(11-22-10-12)23-19-24-17-7-6-13(21)9-16(17)18(26)25(19)15-4-2-1-3-5-15/h1-11H,(H,23,24). The van der Waals surface area contributed by atoms with Crippen LogP contribution in [-0.2, 0) is 0 Å². The maximum atomic E-state index is 13.6. The van der Waals surface area contributed by atoms with E-state index in [1.165, 1.54) is 29.0 Å². The SMILES string of the molecule is O=c1c2cc(F)ccc2nc(Nc2cncc(Cl)c2)n1-c1ccccc1. The van der Waals surface area contributed by atoms with Crippen LogP contribution in [-0.4, -0.2) is 14.5 Å². The highest BCUT2D eigenvalue weighted by atomic mass is 35.5. The molecule has 0 amide bonds. The van der Waals surface area contributed by atoms with E-state index in [1.54, 1.807) is 24.4 Å². The quantitative estimate of drug-likeness (QED) is 0.586. The molecule has 4 rings (SSSR count). The van der Waals surface area contributed by atoms with Crippen LogP contribution in [0, 0.1) is 5.82 Å². The molecule has 128 valence electrons. The Morgan fingerprint density at radius 1 is 1.04 bits per heavy atom. The Morgan fingerprint density at radius 2 is 1.85 bits per heavy atom. The van der Waals surface area contributed by atoms with E-state index in [0.717, 1.165) is 0 Å². The van der Waals surface area contributed by atoms with Crippen LogP contribution in [0.3, 0.4) is 0 Å². The molecule has 0 saturated carbocycles. The average molecular weight is 367 g/mol. The lowest BCUT2D eigenvalue weighted by Crippen LogP contribution is -2.23. The highest BCUT2D eigenvalue weighted by Gasteiger charge is 2.14. The third-order valence-corrected chi connectivity index (χ3v) is 4.01. The summed E-state index contributed by atoms with van der Waals surface area (Å²) in [5.74, 6) is -0.208. The van der Waals surface area contributed by atoms with E-state index in [2.05, 4.69) is 15.3 Å². The molecule has 0 saturated heterocycles. The van der Waals surface area contributed by atoms with Crippen molar-refractivity contribution in [2.24, 2.45) is 0 Å². The lowest BCUT2D eigenvalue weighted by Gasteiger charge is -2.15. The minimum Gasteiger partial charge on any atom is -0.324 e. The fourth-order valence-electron chi connectivity index (χ4n) is 2.67. The summed E-state index contributed by atoms with van der Waals surface area (Å²) in [5.41, 5.74) is 1.20. The van der Waals surface area contributed by atoms with Crippen LogP contribution in [0.25, 0.3) is 16.6 Å². The summed E-state index contributed by atoms with van der Waals surface area (Å²) in [6.45, 7) is 0. The van der Waals surface area contributed by atoms with Crippen molar-refractivity contribution in [2.75, 3.05) is 5.32 Å². The molecule has 0 radical (unpaired) electrons. The number of hydrogen-bond donors (Lipinski definition) is 1. The van der Waals surface area contributed by atoms with Gasteiger partial charge in [0.05, 0.1) is 33.5 Å². The van der Waals surface area contributed by atoms with Crippen LogP contribution in [0.2, 0.25) is 5.02 Å². The van der Waals surface area contributed by atoms with Gasteiger partial charge in [0, 0.05) is 6.20 Å². The minimum atomic E-state index is -0.490. The molecule has 0 unspecified atom stereocenters. The minimum absolute atomic E-state index is 0.198. The van der Waals surface area contributed by atoms with Gasteiger partial charge >= 0.3 is 0 Å². The van der Waals surface area contributed by atoms with E-state index < -0.39 is 5.82 Å². The van der Waals surface area contributed by atoms with Gasteiger partial charge in [-0.05, 0) is 36.4 Å². The van der Waals surface area contributed by atoms with Gasteiger partial charge in [0.25, 0.3) is 5.56 Å². The maximum Gasteiger partial charge on any atom is 0.267 e. The monoisotopic (exact) mass is 366 g/mol. The number of rotatable bonds is 3. The number of aromatic nitrogens is 3. The van der Waals surface area contributed by atoms with Crippen molar-refractivity contribution in [1.29, 1.82) is 0 Å². The second-order valence-corrected chi connectivity index (χ2v) is 6.03. The summed E-state index contributed by atoms with van der Waals surface area (Å²) in [6, 6.07) is 14.6. The third kappa shape index (κ3) is 3.02. The van der Waals surface area contributed by atoms with E-state index in [-0.39, 0.29) is 16.9 Å². The molecule has 2 aromatic heterocycles. The Morgan fingerprint density at radius 3 is 2.62 bits per heavy atom. The molecule has 0 spiro atoms. The highest BCUT2D eigenvalue weighted by molar-refractivity contribution is 6.30. The lowest BCUT2D eigenvalue weighted by atomic mass is 10.2. The van der Waals surface area contributed by atoms with Gasteiger partial charge in [-0.25, -0.2) is 13.9 Å². The largest absolute Gasteiger partial charge is 0.324 e. The number of nitrogens with one attached hydrogen (secondary N) is 1. The fourth-order valence-corrected chi connectivity index (χ4v) is 2.84. The van der Waals surface area contributed by atoms with E-state index in [1.807, 2.05) is 18.2 Å². The number of halogens is 2. The number of para-hydroxylation sites is 1. The van der Waals surface area contributed by atoms with Crippen LogP contribution in [0.5, 0.6) is 0 Å². The van der Waals surface area contributed by atoms with Crippen molar-refractivity contribution >= 4 is 34.1 Å². The number of pyridine rings is 1. The molecule has 0 aliphatic carbocycles. The summed E-state index contributed by atoms with van der Waals surface area (Å²) in [7, 11) is 0. The molecule has 2 heterocycles. The first-order chi connectivity index (χ1) is 12.6. The summed E-state index contributed by atoms with van der Waals surface area (Å²) < 4.78 is 15.0. The number of nitrogens with zero attached hydrogens (tertiary/aromatic N) is 3. The van der Waals surface area contributed by atoms with Gasteiger partial charge in [-0.2, -0.15) is 0 Å². The first-order valence-corrected chi connectivity index (χ1v) is 8.15. The second kappa shape index (κ2) is 6.57. The smallest absolute Gasteiger partial charge is 0.267 e. The van der Waals surface area contributed by atoms with Crippen LogP contribution >= 0.6 is 11.6 Å². The van der Waals surface area contributed by atoms with Crippen molar-refractivity contribution in [3.63, 3.8) is 0 Å². The van der Waals surface area contributed by atoms with Gasteiger partial charge in [-0.1, -0.05) is 29.8 Å². The summed E-state index contributed by atoms with van der Waals surface area (Å²) >= 11 is 5.98. The second-order valence-electron chi connectivity index (χ2n) is 5.59. The van der Waals surface area contributed by atoms with Crippen molar-refractivity contribution in [2.45, 2.75) is 0 Å². The van der Waals surface area contributed by atoms with Gasteiger partial charge in [0.1, 0.15) is 5.82 Å². The van der Waals surface area contributed by atoms with Crippen molar-refractivity contribution < 1.29 is 4.39 Å². The van der Waals surface area contributed by atoms with Crippen molar-refractivity contribution in [1.82, 2.24) is 14.5 Å². The fraction of sp³-hybridized carbons (Fsp3) is 0. The van der Waals surface area contributed by atoms with E-state index in [9.17, 15) is 9.18 Å². The Balaban J connectivity index is 1.98. The number of hydrogen-bond acceptors (Lipinski definition) is 4. The van der Waals surface area contributed by atoms with Crippen molar-refractivity contribution in [3.05, 3.63) is 88.2 Å². The molecule has 0 aliphatic heterocycles. The van der Waals surface area contributed by atoms with Crippen LogP contribution in [0.1, 0.15) is 0 Å². The zero-order chi connectivity index (χ0) is 18.1. The van der Waals surface area contributed by atoms with Crippen LogP contribution in [0.15, 0.2) is 71.8 Å². The normalized spacial score (nSPS) is 10.8. The topological polar surface area (TPSA) is 59.8 Å². The Hall–Kier alpha value is -3.25. The van der Waals surface area contributed by atoms with Gasteiger partial charge in [0.2, 0.25) is 5.95 Å². The predicted octanol–water partition coefficient (Wildman–Crippen LogP) is 4.32. The molecule has 0 aliphatic rings. The number of benzene rings is 2. The zero-order valence-corrected chi connectivity index (χ0v) is 14.1. The molecule has 0 bridgehead atoms. The van der Waals surface area contributed by atoms with E-state index >= 15 is 0 Å². The molecule has 1 N–H and O–H groups in total. The average Bonchev–Trinajstić information content (AvgIpc) is 2.63. The van der Waals surface area contributed by atoms with Crippen LogP contribution < -0.4 is 10.9 Å². The highest BCUT2D eigenvalue weighted by Crippen LogP contribution is 2.21. The maximum absolute atomic E-state index is 13.6. The molecule has 0 atom stereocenters. The van der Waals surface area contributed by atoms with Crippen LogP contribution in [0.4, 0.5) is 16.0 Å². The first-order valence-electron chi connectivity index (χ1n) is 7.77. The van der Waals surface area contributed by atoms with E-state index in [4.69, 9.17) is 11.6 Å². The molecular weight excluding hydrogens is 355 g/mol. The lowest BCUT2D eigenvalue weighted by molar-refractivity contribution is 0.629. The summed E-state index contributed by atoms with van der Waals surface area (Å²) in [6.07, 6.45) is 3.08. The third-order valence-electron chi connectivity index (χ3n) is 3.81. The molecule has 4 aromatic rings. The van der Waals surface area contributed by atoms with E-state index in [0.29, 0.717) is 21.9 Å². The zero-order valence-electron chi connectivity index (χ0n) is 13.4. The Bertz CT molecular complexity index is 1160. The van der Waals surface area contributed by atoms with Gasteiger partial charge in [0.15, 0.2) is 0 Å². The number of anilines is 2. The number of fused-ring (bicyclic) bond motifs is 1.